The molecule has 4 aromatic rings. The van der Waals surface area contributed by atoms with Gasteiger partial charge in [0.05, 0.1) is 4.90 Å². The SMILES string of the molecule is CCc1ccc(Oc2nc3c(C)cccn3c(=O)c2C=C(C#N)S(=O)(=O)c2ccc(Cl)cc2)cc1. The van der Waals surface area contributed by atoms with E-state index in [9.17, 15) is 18.5 Å². The zero-order valence-electron chi connectivity index (χ0n) is 18.9. The molecule has 0 aliphatic heterocycles. The second-order valence-electron chi connectivity index (χ2n) is 7.70. The number of sulfone groups is 1. The van der Waals surface area contributed by atoms with Gasteiger partial charge in [-0.25, -0.2) is 8.42 Å². The predicted octanol–water partition coefficient (Wildman–Crippen LogP) is 5.35. The molecular formula is C26H20ClN3O4S. The van der Waals surface area contributed by atoms with Gasteiger partial charge in [0.2, 0.25) is 15.7 Å². The first-order chi connectivity index (χ1) is 16.7. The topological polar surface area (TPSA) is 102 Å². The number of halogens is 1. The molecule has 0 spiro atoms. The Labute approximate surface area is 207 Å². The van der Waals surface area contributed by atoms with Gasteiger partial charge in [0, 0.05) is 11.2 Å². The summed E-state index contributed by atoms with van der Waals surface area (Å²) in [7, 11) is -4.23. The molecule has 0 amide bonds. The van der Waals surface area contributed by atoms with E-state index in [1.165, 1.54) is 34.9 Å². The summed E-state index contributed by atoms with van der Waals surface area (Å²) in [5.74, 6) is 0.313. The van der Waals surface area contributed by atoms with Crippen molar-refractivity contribution in [3.63, 3.8) is 0 Å². The molecule has 0 radical (unpaired) electrons. The minimum atomic E-state index is -4.23. The maximum Gasteiger partial charge on any atom is 0.269 e. The summed E-state index contributed by atoms with van der Waals surface area (Å²) in [5, 5.41) is 10.1. The number of pyridine rings is 1. The molecule has 0 atom stereocenters. The van der Waals surface area contributed by atoms with Crippen molar-refractivity contribution < 1.29 is 13.2 Å². The molecule has 0 N–H and O–H groups in total. The Morgan fingerprint density at radius 2 is 1.83 bits per heavy atom. The first-order valence-corrected chi connectivity index (χ1v) is 12.5. The molecule has 4 rings (SSSR count). The van der Waals surface area contributed by atoms with E-state index in [1.54, 1.807) is 37.3 Å². The number of fused-ring (bicyclic) bond motifs is 1. The van der Waals surface area contributed by atoms with E-state index < -0.39 is 20.3 Å². The second-order valence-corrected chi connectivity index (χ2v) is 10.1. The molecule has 0 saturated heterocycles. The van der Waals surface area contributed by atoms with Crippen LogP contribution in [0.5, 0.6) is 11.6 Å². The van der Waals surface area contributed by atoms with Crippen LogP contribution < -0.4 is 10.3 Å². The van der Waals surface area contributed by atoms with Crippen molar-refractivity contribution in [3.8, 4) is 17.7 Å². The highest BCUT2D eigenvalue weighted by atomic mass is 35.5. The van der Waals surface area contributed by atoms with Crippen LogP contribution in [0.2, 0.25) is 5.02 Å². The van der Waals surface area contributed by atoms with Crippen LogP contribution >= 0.6 is 11.6 Å². The predicted molar refractivity (Wildman–Crippen MR) is 134 cm³/mol. The van der Waals surface area contributed by atoms with Crippen molar-refractivity contribution in [2.75, 3.05) is 0 Å². The van der Waals surface area contributed by atoms with Crippen LogP contribution in [0.4, 0.5) is 0 Å². The molecule has 0 aliphatic carbocycles. The fraction of sp³-hybridized carbons (Fsp3) is 0.115. The monoisotopic (exact) mass is 505 g/mol. The van der Waals surface area contributed by atoms with E-state index in [0.717, 1.165) is 23.6 Å². The first kappa shape index (κ1) is 24.2. The number of aromatic nitrogens is 2. The molecule has 35 heavy (non-hydrogen) atoms. The highest BCUT2D eigenvalue weighted by Crippen LogP contribution is 2.28. The van der Waals surface area contributed by atoms with Crippen LogP contribution in [-0.4, -0.2) is 17.8 Å². The van der Waals surface area contributed by atoms with Gasteiger partial charge in [-0.1, -0.05) is 36.7 Å². The van der Waals surface area contributed by atoms with Gasteiger partial charge in [0.15, 0.2) is 0 Å². The molecule has 9 heteroatoms. The van der Waals surface area contributed by atoms with E-state index in [1.807, 2.05) is 19.1 Å². The Morgan fingerprint density at radius 1 is 1.14 bits per heavy atom. The van der Waals surface area contributed by atoms with Crippen molar-refractivity contribution in [3.05, 3.63) is 104 Å². The molecule has 0 aliphatic rings. The van der Waals surface area contributed by atoms with E-state index >= 15 is 0 Å². The van der Waals surface area contributed by atoms with Crippen molar-refractivity contribution in [2.45, 2.75) is 25.2 Å². The molecule has 2 heterocycles. The lowest BCUT2D eigenvalue weighted by Crippen LogP contribution is -2.20. The minimum absolute atomic E-state index is 0.104. The van der Waals surface area contributed by atoms with Gasteiger partial charge in [0.25, 0.3) is 5.56 Å². The second kappa shape index (κ2) is 9.74. The van der Waals surface area contributed by atoms with E-state index in [0.29, 0.717) is 16.4 Å². The number of rotatable bonds is 6. The van der Waals surface area contributed by atoms with Gasteiger partial charge in [-0.2, -0.15) is 10.2 Å². The maximum atomic E-state index is 13.4. The molecule has 7 nitrogen and oxygen atoms in total. The maximum absolute atomic E-state index is 13.4. The Morgan fingerprint density at radius 3 is 2.46 bits per heavy atom. The summed E-state index contributed by atoms with van der Waals surface area (Å²) in [5.41, 5.74) is 1.44. The largest absolute Gasteiger partial charge is 0.438 e. The highest BCUT2D eigenvalue weighted by molar-refractivity contribution is 7.95. The minimum Gasteiger partial charge on any atom is -0.438 e. The number of nitriles is 1. The average molecular weight is 506 g/mol. The fourth-order valence-corrected chi connectivity index (χ4v) is 4.71. The zero-order chi connectivity index (χ0) is 25.2. The third-order valence-electron chi connectivity index (χ3n) is 5.39. The summed E-state index contributed by atoms with van der Waals surface area (Å²) in [6.07, 6.45) is 3.37. The molecule has 0 bridgehead atoms. The zero-order valence-corrected chi connectivity index (χ0v) is 20.5. The van der Waals surface area contributed by atoms with Crippen molar-refractivity contribution in [1.82, 2.24) is 9.38 Å². The molecule has 176 valence electrons. The highest BCUT2D eigenvalue weighted by Gasteiger charge is 2.24. The first-order valence-electron chi connectivity index (χ1n) is 10.7. The summed E-state index contributed by atoms with van der Waals surface area (Å²) in [4.78, 5) is 17.2. The van der Waals surface area contributed by atoms with Crippen molar-refractivity contribution in [2.24, 2.45) is 0 Å². The van der Waals surface area contributed by atoms with Gasteiger partial charge in [-0.15, -0.1) is 0 Å². The Kier molecular flexibility index (Phi) is 6.74. The summed E-state index contributed by atoms with van der Waals surface area (Å²) < 4.78 is 33.5. The molecule has 0 saturated carbocycles. The van der Waals surface area contributed by atoms with Crippen LogP contribution in [0.1, 0.15) is 23.6 Å². The van der Waals surface area contributed by atoms with Gasteiger partial charge in [0.1, 0.15) is 27.9 Å². The van der Waals surface area contributed by atoms with Crippen molar-refractivity contribution in [1.29, 1.82) is 5.26 Å². The summed E-state index contributed by atoms with van der Waals surface area (Å²) in [6.45, 7) is 3.82. The lowest BCUT2D eigenvalue weighted by atomic mass is 10.2. The third kappa shape index (κ3) is 4.83. The van der Waals surface area contributed by atoms with Gasteiger partial charge in [-0.05, 0) is 73.0 Å². The fourth-order valence-electron chi connectivity index (χ4n) is 3.44. The normalized spacial score (nSPS) is 11.9. The molecule has 2 aromatic heterocycles. The van der Waals surface area contributed by atoms with E-state index in [2.05, 4.69) is 4.98 Å². The van der Waals surface area contributed by atoms with Crippen LogP contribution in [0.3, 0.4) is 0 Å². The number of ether oxygens (including phenoxy) is 1. The smallest absolute Gasteiger partial charge is 0.269 e. The van der Waals surface area contributed by atoms with Gasteiger partial charge in [-0.3, -0.25) is 9.20 Å². The standard InChI is InChI=1S/C26H20ClN3O4S/c1-3-18-6-10-20(11-7-18)34-25-23(26(31)30-14-4-5-17(2)24(30)29-25)15-22(16-28)35(32,33)21-12-8-19(27)9-13-21/h4-15H,3H2,1-2H3. The van der Waals surface area contributed by atoms with Crippen LogP contribution in [0, 0.1) is 18.3 Å². The molecule has 2 aromatic carbocycles. The molecular weight excluding hydrogens is 486 g/mol. The van der Waals surface area contributed by atoms with Gasteiger partial charge >= 0.3 is 0 Å². The number of benzene rings is 2. The Bertz CT molecular complexity index is 1650. The number of hydrogen-bond acceptors (Lipinski definition) is 6. The number of nitrogens with zero attached hydrogens (tertiary/aromatic N) is 3. The van der Waals surface area contributed by atoms with Crippen LogP contribution in [0.25, 0.3) is 11.7 Å². The lowest BCUT2D eigenvalue weighted by molar-refractivity contribution is 0.460. The summed E-state index contributed by atoms with van der Waals surface area (Å²) in [6, 6.07) is 17.8. The van der Waals surface area contributed by atoms with E-state index in [-0.39, 0.29) is 16.3 Å². The van der Waals surface area contributed by atoms with E-state index in [4.69, 9.17) is 16.3 Å². The summed E-state index contributed by atoms with van der Waals surface area (Å²) >= 11 is 5.87. The Balaban J connectivity index is 1.93. The van der Waals surface area contributed by atoms with Gasteiger partial charge < -0.3 is 4.74 Å². The number of hydrogen-bond donors (Lipinski definition) is 0. The molecule has 0 unspecified atom stereocenters. The number of allylic oxidation sites excluding steroid dienone is 1. The third-order valence-corrected chi connectivity index (χ3v) is 7.33. The number of aryl methyl sites for hydroxylation is 2. The molecule has 0 fully saturated rings. The average Bonchev–Trinajstić information content (AvgIpc) is 2.85. The lowest BCUT2D eigenvalue weighted by Gasteiger charge is -2.12. The van der Waals surface area contributed by atoms with Crippen LogP contribution in [-0.2, 0) is 16.3 Å². The van der Waals surface area contributed by atoms with Crippen molar-refractivity contribution >= 4 is 33.2 Å². The quantitative estimate of drug-likeness (QED) is 0.327. The Hall–Kier alpha value is -3.93. The van der Waals surface area contributed by atoms with Crippen LogP contribution in [0.15, 0.2) is 81.5 Å².